The first kappa shape index (κ1) is 15.9. The van der Waals surface area contributed by atoms with Crippen molar-refractivity contribution in [2.24, 2.45) is 0 Å². The molecule has 3 heterocycles. The Morgan fingerprint density at radius 3 is 2.32 bits per heavy atom. The Balaban J connectivity index is 1.54. The van der Waals surface area contributed by atoms with E-state index in [1.807, 2.05) is 13.0 Å². The van der Waals surface area contributed by atoms with Crippen molar-refractivity contribution in [1.82, 2.24) is 18.7 Å². The van der Waals surface area contributed by atoms with Crippen LogP contribution in [0, 0.1) is 6.92 Å². The Hall–Kier alpha value is -1.00. The van der Waals surface area contributed by atoms with E-state index in [0.29, 0.717) is 59.0 Å². The smallest absolute Gasteiger partial charge is 0.282 e. The maximum atomic E-state index is 12.6. The summed E-state index contributed by atoms with van der Waals surface area (Å²) in [5.41, 5.74) is 0.864. The van der Waals surface area contributed by atoms with E-state index >= 15 is 0 Å². The van der Waals surface area contributed by atoms with Gasteiger partial charge in [0.05, 0.1) is 25.5 Å². The molecule has 0 bridgehead atoms. The fraction of sp³-hybridized carbons (Fsp3) is 0.769. The summed E-state index contributed by atoms with van der Waals surface area (Å²) in [6, 6.07) is 1.91. The average molecular weight is 330 g/mol. The van der Waals surface area contributed by atoms with Crippen molar-refractivity contribution in [1.29, 1.82) is 0 Å². The highest BCUT2D eigenvalue weighted by Crippen LogP contribution is 2.15. The summed E-state index contributed by atoms with van der Waals surface area (Å²) in [5.74, 6) is 0.821. The van der Waals surface area contributed by atoms with Gasteiger partial charge in [0.1, 0.15) is 0 Å². The number of nitrogens with zero attached hydrogens (tertiary/aromatic N) is 4. The summed E-state index contributed by atoms with van der Waals surface area (Å²) < 4.78 is 38.6. The third kappa shape index (κ3) is 3.49. The summed E-state index contributed by atoms with van der Waals surface area (Å²) in [6.07, 6.45) is 0. The lowest BCUT2D eigenvalue weighted by atomic mass is 10.3. The molecule has 0 radical (unpaired) electrons. The summed E-state index contributed by atoms with van der Waals surface area (Å²) in [4.78, 5) is 2.19. The second kappa shape index (κ2) is 6.63. The summed E-state index contributed by atoms with van der Waals surface area (Å²) in [6.45, 7) is 6.81. The van der Waals surface area contributed by atoms with Crippen molar-refractivity contribution < 1.29 is 17.7 Å². The van der Waals surface area contributed by atoms with Crippen LogP contribution in [-0.4, -0.2) is 79.6 Å². The Morgan fingerprint density at radius 1 is 1.09 bits per heavy atom. The summed E-state index contributed by atoms with van der Waals surface area (Å²) >= 11 is 0. The minimum absolute atomic E-state index is 0.444. The summed E-state index contributed by atoms with van der Waals surface area (Å²) in [7, 11) is -3.35. The molecular formula is C13H22N4O4S. The van der Waals surface area contributed by atoms with Crippen molar-refractivity contribution in [2.75, 3.05) is 52.5 Å². The Bertz CT molecular complexity index is 589. The monoisotopic (exact) mass is 330 g/mol. The Labute approximate surface area is 130 Å². The van der Waals surface area contributed by atoms with E-state index < -0.39 is 10.2 Å². The molecule has 0 saturated carbocycles. The van der Waals surface area contributed by atoms with E-state index in [-0.39, 0.29) is 0 Å². The van der Waals surface area contributed by atoms with E-state index in [2.05, 4.69) is 10.1 Å². The predicted octanol–water partition coefficient (Wildman–Crippen LogP) is -0.322. The zero-order valence-corrected chi connectivity index (χ0v) is 13.6. The molecule has 0 atom stereocenters. The van der Waals surface area contributed by atoms with Gasteiger partial charge in [0.2, 0.25) is 0 Å². The zero-order valence-electron chi connectivity index (χ0n) is 12.8. The first-order chi connectivity index (χ1) is 10.6. The molecule has 0 spiro atoms. The van der Waals surface area contributed by atoms with Gasteiger partial charge >= 0.3 is 0 Å². The first-order valence-corrected chi connectivity index (χ1v) is 8.93. The van der Waals surface area contributed by atoms with Crippen LogP contribution in [0.5, 0.6) is 0 Å². The number of rotatable bonds is 4. The van der Waals surface area contributed by atoms with Crippen LogP contribution in [0.1, 0.15) is 11.5 Å². The molecule has 3 rings (SSSR count). The number of ether oxygens (including phenoxy) is 1. The molecule has 124 valence electrons. The van der Waals surface area contributed by atoms with Crippen molar-refractivity contribution in [2.45, 2.75) is 13.5 Å². The molecule has 1 aromatic rings. The largest absolute Gasteiger partial charge is 0.379 e. The normalized spacial score (nSPS) is 23.0. The third-order valence-corrected chi connectivity index (χ3v) is 6.05. The van der Waals surface area contributed by atoms with Crippen LogP contribution in [-0.2, 0) is 21.5 Å². The second-order valence-electron chi connectivity index (χ2n) is 5.63. The predicted molar refractivity (Wildman–Crippen MR) is 79.4 cm³/mol. The maximum absolute atomic E-state index is 12.6. The first-order valence-electron chi connectivity index (χ1n) is 7.53. The van der Waals surface area contributed by atoms with Crippen molar-refractivity contribution in [3.8, 4) is 0 Å². The molecule has 0 amide bonds. The quantitative estimate of drug-likeness (QED) is 0.753. The van der Waals surface area contributed by atoms with Gasteiger partial charge in [0, 0.05) is 45.3 Å². The lowest BCUT2D eigenvalue weighted by Crippen LogP contribution is -2.54. The number of piperazine rings is 1. The van der Waals surface area contributed by atoms with Gasteiger partial charge in [0.15, 0.2) is 5.76 Å². The van der Waals surface area contributed by atoms with Gasteiger partial charge in [-0.15, -0.1) is 0 Å². The van der Waals surface area contributed by atoms with E-state index in [9.17, 15) is 8.42 Å². The van der Waals surface area contributed by atoms with Gasteiger partial charge in [-0.3, -0.25) is 4.90 Å². The fourth-order valence-corrected chi connectivity index (χ4v) is 4.33. The number of hydrogen-bond acceptors (Lipinski definition) is 6. The molecule has 0 unspecified atom stereocenters. The topological polar surface area (TPSA) is 79.1 Å². The molecule has 9 heteroatoms. The standard InChI is InChI=1S/C13H22N4O4S/c1-12-10-13(21-14-12)11-15-2-4-16(5-3-15)22(18,19)17-6-8-20-9-7-17/h10H,2-9,11H2,1H3. The van der Waals surface area contributed by atoms with Crippen LogP contribution in [0.15, 0.2) is 10.6 Å². The molecule has 2 aliphatic rings. The average Bonchev–Trinajstić information content (AvgIpc) is 2.94. The van der Waals surface area contributed by atoms with Crippen LogP contribution in [0.25, 0.3) is 0 Å². The number of aryl methyl sites for hydroxylation is 1. The van der Waals surface area contributed by atoms with Crippen molar-refractivity contribution >= 4 is 10.2 Å². The van der Waals surface area contributed by atoms with Crippen LogP contribution in [0.4, 0.5) is 0 Å². The lowest BCUT2D eigenvalue weighted by molar-refractivity contribution is 0.0682. The van der Waals surface area contributed by atoms with Gasteiger partial charge in [0.25, 0.3) is 10.2 Å². The number of hydrogen-bond donors (Lipinski definition) is 0. The molecule has 1 aromatic heterocycles. The molecule has 2 aliphatic heterocycles. The van der Waals surface area contributed by atoms with Crippen LogP contribution in [0.2, 0.25) is 0 Å². The molecule has 0 aromatic carbocycles. The molecule has 0 aliphatic carbocycles. The number of aromatic nitrogens is 1. The highest BCUT2D eigenvalue weighted by Gasteiger charge is 2.33. The maximum Gasteiger partial charge on any atom is 0.282 e. The molecular weight excluding hydrogens is 308 g/mol. The third-order valence-electron chi connectivity index (χ3n) is 4.01. The van der Waals surface area contributed by atoms with Crippen molar-refractivity contribution in [3.63, 3.8) is 0 Å². The molecule has 0 N–H and O–H groups in total. The number of morpholine rings is 1. The Morgan fingerprint density at radius 2 is 1.73 bits per heavy atom. The summed E-state index contributed by atoms with van der Waals surface area (Å²) in [5, 5.41) is 3.87. The fourth-order valence-electron chi connectivity index (χ4n) is 2.77. The minimum Gasteiger partial charge on any atom is -0.379 e. The second-order valence-corrected chi connectivity index (χ2v) is 7.56. The molecule has 22 heavy (non-hydrogen) atoms. The molecule has 2 fully saturated rings. The Kier molecular flexibility index (Phi) is 4.79. The lowest BCUT2D eigenvalue weighted by Gasteiger charge is -2.37. The SMILES string of the molecule is Cc1cc(CN2CCN(S(=O)(=O)N3CCOCC3)CC2)on1. The highest BCUT2D eigenvalue weighted by molar-refractivity contribution is 7.86. The van der Waals surface area contributed by atoms with Crippen LogP contribution < -0.4 is 0 Å². The minimum atomic E-state index is -3.35. The van der Waals surface area contributed by atoms with Crippen LogP contribution in [0.3, 0.4) is 0 Å². The zero-order chi connectivity index (χ0) is 15.6. The van der Waals surface area contributed by atoms with E-state index in [1.54, 1.807) is 4.31 Å². The molecule has 2 saturated heterocycles. The van der Waals surface area contributed by atoms with E-state index in [1.165, 1.54) is 4.31 Å². The highest BCUT2D eigenvalue weighted by atomic mass is 32.2. The van der Waals surface area contributed by atoms with Gasteiger partial charge in [-0.2, -0.15) is 17.0 Å². The van der Waals surface area contributed by atoms with Crippen LogP contribution >= 0.6 is 0 Å². The van der Waals surface area contributed by atoms with E-state index in [0.717, 1.165) is 11.5 Å². The van der Waals surface area contributed by atoms with Gasteiger partial charge in [-0.1, -0.05) is 5.16 Å². The van der Waals surface area contributed by atoms with E-state index in [4.69, 9.17) is 9.26 Å². The van der Waals surface area contributed by atoms with Gasteiger partial charge in [-0.25, -0.2) is 0 Å². The molecule has 8 nitrogen and oxygen atoms in total. The van der Waals surface area contributed by atoms with Gasteiger partial charge in [-0.05, 0) is 6.92 Å². The van der Waals surface area contributed by atoms with Gasteiger partial charge < -0.3 is 9.26 Å². The van der Waals surface area contributed by atoms with Crippen molar-refractivity contribution in [3.05, 3.63) is 17.5 Å².